The molecule has 0 fully saturated rings. The van der Waals surface area contributed by atoms with E-state index < -0.39 is 12.0 Å². The number of para-hydroxylation sites is 1. The normalized spacial score (nSPS) is 18.3. The minimum atomic E-state index is -1.15. The summed E-state index contributed by atoms with van der Waals surface area (Å²) in [5.41, 5.74) is 4.18. The van der Waals surface area contributed by atoms with Crippen LogP contribution < -0.4 is 4.74 Å². The number of methoxy groups -OCH3 is 1. The van der Waals surface area contributed by atoms with Gasteiger partial charge in [0.15, 0.2) is 0 Å². The summed E-state index contributed by atoms with van der Waals surface area (Å²) in [6.07, 6.45) is -0.729. The number of aliphatic hydroxyl groups excluding tert-OH is 1. The maximum absolute atomic E-state index is 12.5. The van der Waals surface area contributed by atoms with Crippen molar-refractivity contribution in [3.8, 4) is 5.75 Å². The first-order valence-electron chi connectivity index (χ1n) is 14.6. The van der Waals surface area contributed by atoms with Crippen LogP contribution >= 0.6 is 0 Å². The van der Waals surface area contributed by atoms with Gasteiger partial charge in [0.2, 0.25) is 6.41 Å². The van der Waals surface area contributed by atoms with Gasteiger partial charge in [-0.2, -0.15) is 0 Å². The van der Waals surface area contributed by atoms with E-state index in [2.05, 4.69) is 49.4 Å². The van der Waals surface area contributed by atoms with Gasteiger partial charge in [0.05, 0.1) is 18.3 Å². The molecule has 6 heteroatoms. The topological polar surface area (TPSA) is 68.2 Å². The predicted molar refractivity (Wildman–Crippen MR) is 166 cm³/mol. The van der Waals surface area contributed by atoms with Crippen molar-refractivity contribution in [3.63, 3.8) is 0 Å². The number of esters is 1. The fourth-order valence-corrected chi connectivity index (χ4v) is 6.11. The number of carbonyl (C=O) groups excluding carboxylic acids is 1. The molecule has 4 aromatic carbocycles. The van der Waals surface area contributed by atoms with Gasteiger partial charge in [-0.1, -0.05) is 72.8 Å². The van der Waals surface area contributed by atoms with Crippen LogP contribution in [0, 0.1) is 6.92 Å². The molecule has 0 aliphatic carbocycles. The van der Waals surface area contributed by atoms with E-state index in [9.17, 15) is 9.90 Å². The third-order valence-corrected chi connectivity index (χ3v) is 8.17. The highest BCUT2D eigenvalue weighted by Crippen LogP contribution is 2.43. The molecular weight excluding hydrogens is 526 g/mol. The van der Waals surface area contributed by atoms with Crippen molar-refractivity contribution in [2.45, 2.75) is 71.1 Å². The Morgan fingerprint density at radius 2 is 1.64 bits per heavy atom. The molecule has 0 spiro atoms. The van der Waals surface area contributed by atoms with Crippen LogP contribution in [0.15, 0.2) is 84.9 Å². The lowest BCUT2D eigenvalue weighted by Gasteiger charge is -2.41. The van der Waals surface area contributed by atoms with Crippen LogP contribution in [0.5, 0.6) is 5.75 Å². The fraction of sp³-hybridized carbons (Fsp3) is 0.361. The van der Waals surface area contributed by atoms with Crippen molar-refractivity contribution in [3.05, 3.63) is 113 Å². The number of ether oxygens (including phenoxy) is 3. The molecule has 1 heterocycles. The summed E-state index contributed by atoms with van der Waals surface area (Å²) >= 11 is 0. The summed E-state index contributed by atoms with van der Waals surface area (Å²) in [7, 11) is 1.41. The van der Waals surface area contributed by atoms with E-state index in [4.69, 9.17) is 14.2 Å². The molecule has 0 radical (unpaired) electrons. The molecule has 1 aliphatic heterocycles. The van der Waals surface area contributed by atoms with Gasteiger partial charge in [0.25, 0.3) is 0 Å². The Morgan fingerprint density at radius 3 is 2.40 bits per heavy atom. The lowest BCUT2D eigenvalue weighted by Crippen LogP contribution is -2.48. The number of hydrogen-bond donors (Lipinski definition) is 1. The molecule has 0 bridgehead atoms. The zero-order valence-electron chi connectivity index (χ0n) is 25.3. The zero-order valence-corrected chi connectivity index (χ0v) is 25.3. The van der Waals surface area contributed by atoms with E-state index in [1.807, 2.05) is 69.0 Å². The largest absolute Gasteiger partial charge is 0.489 e. The predicted octanol–water partition coefficient (Wildman–Crippen LogP) is 7.37. The van der Waals surface area contributed by atoms with Gasteiger partial charge in [-0.3, -0.25) is 0 Å². The molecule has 0 amide bonds. The smallest absolute Gasteiger partial charge is 0.338 e. The van der Waals surface area contributed by atoms with Crippen LogP contribution in [0.2, 0.25) is 0 Å². The summed E-state index contributed by atoms with van der Waals surface area (Å²) in [5, 5.41) is 13.8. The minimum Gasteiger partial charge on any atom is -0.489 e. The second-order valence-corrected chi connectivity index (χ2v) is 12.1. The summed E-state index contributed by atoms with van der Waals surface area (Å²) < 4.78 is 17.8. The highest BCUT2D eigenvalue weighted by atomic mass is 16.6. The van der Waals surface area contributed by atoms with E-state index in [0.717, 1.165) is 38.8 Å². The van der Waals surface area contributed by atoms with E-state index in [-0.39, 0.29) is 24.0 Å². The van der Waals surface area contributed by atoms with Crippen molar-refractivity contribution in [1.29, 1.82) is 0 Å². The summed E-state index contributed by atoms with van der Waals surface area (Å²) in [6.45, 7) is 10.3. The first kappa shape index (κ1) is 29.8. The lowest BCUT2D eigenvalue weighted by molar-refractivity contribution is -0.251. The number of rotatable bonds is 8. The Bertz CT molecular complexity index is 1550. The van der Waals surface area contributed by atoms with Gasteiger partial charge in [-0.25, -0.2) is 9.69 Å². The second kappa shape index (κ2) is 12.3. The number of fused-ring (bicyclic) bond motifs is 2. The average molecular weight is 568 g/mol. The summed E-state index contributed by atoms with van der Waals surface area (Å²) in [5.74, 6) is 0.467. The quantitative estimate of drug-likeness (QED) is 0.177. The Kier molecular flexibility index (Phi) is 8.69. The van der Waals surface area contributed by atoms with E-state index >= 15 is 0 Å². The monoisotopic (exact) mass is 567 g/mol. The molecule has 0 aromatic heterocycles. The van der Waals surface area contributed by atoms with Gasteiger partial charge in [0.1, 0.15) is 11.9 Å². The maximum Gasteiger partial charge on any atom is 0.338 e. The van der Waals surface area contributed by atoms with Crippen LogP contribution in [0.1, 0.15) is 78.7 Å². The van der Waals surface area contributed by atoms with Gasteiger partial charge in [-0.05, 0) is 80.6 Å². The SMILES string of the molecule is COC(=O)c1cccc(C2C[C@H](CN(C(O)OC(C)(C)C)[C@H](C)c3cccc4ccccc34)Oc3ccccc32)c1C. The van der Waals surface area contributed by atoms with Gasteiger partial charge < -0.3 is 19.3 Å². The molecule has 0 saturated carbocycles. The molecule has 4 atom stereocenters. The minimum absolute atomic E-state index is 0.0000509. The maximum atomic E-state index is 12.5. The summed E-state index contributed by atoms with van der Waals surface area (Å²) in [4.78, 5) is 14.5. The van der Waals surface area contributed by atoms with Crippen molar-refractivity contribution < 1.29 is 24.1 Å². The highest BCUT2D eigenvalue weighted by Gasteiger charge is 2.36. The highest BCUT2D eigenvalue weighted by molar-refractivity contribution is 5.91. The van der Waals surface area contributed by atoms with Crippen LogP contribution in [-0.2, 0) is 9.47 Å². The molecule has 4 aromatic rings. The molecule has 1 N–H and O–H groups in total. The van der Waals surface area contributed by atoms with Crippen LogP contribution in [0.4, 0.5) is 0 Å². The number of benzene rings is 4. The molecule has 0 saturated heterocycles. The lowest BCUT2D eigenvalue weighted by atomic mass is 9.81. The Morgan fingerprint density at radius 1 is 0.976 bits per heavy atom. The zero-order chi connectivity index (χ0) is 30.0. The van der Waals surface area contributed by atoms with Crippen molar-refractivity contribution in [2.75, 3.05) is 13.7 Å². The molecule has 42 heavy (non-hydrogen) atoms. The standard InChI is InChI=1S/C36H41NO5/c1-23-27(17-12-18-28(23)34(38)40-6)32-21-26(41-33-20-10-9-16-31(32)33)22-37(35(39)42-36(3,4)5)24(2)29-19-11-14-25-13-7-8-15-30(25)29/h7-20,24,26,32,35,39H,21-22H2,1-6H3/t24-,26-,32?,35?/m1/s1. The van der Waals surface area contributed by atoms with Crippen molar-refractivity contribution in [1.82, 2.24) is 4.90 Å². The van der Waals surface area contributed by atoms with Crippen LogP contribution in [0.25, 0.3) is 10.8 Å². The van der Waals surface area contributed by atoms with Crippen molar-refractivity contribution in [2.24, 2.45) is 0 Å². The molecule has 1 aliphatic rings. The number of aliphatic hydroxyl groups is 1. The fourth-order valence-electron chi connectivity index (χ4n) is 6.11. The van der Waals surface area contributed by atoms with Crippen molar-refractivity contribution >= 4 is 16.7 Å². The number of nitrogens with zero attached hydrogens (tertiary/aromatic N) is 1. The first-order chi connectivity index (χ1) is 20.1. The van der Waals surface area contributed by atoms with E-state index in [0.29, 0.717) is 18.5 Å². The Labute approximate surface area is 248 Å². The van der Waals surface area contributed by atoms with Gasteiger partial charge in [0, 0.05) is 24.1 Å². The second-order valence-electron chi connectivity index (χ2n) is 12.1. The van der Waals surface area contributed by atoms with Crippen LogP contribution in [-0.4, -0.2) is 47.7 Å². The molecule has 6 nitrogen and oxygen atoms in total. The third kappa shape index (κ3) is 6.21. The van der Waals surface area contributed by atoms with Gasteiger partial charge >= 0.3 is 5.97 Å². The van der Waals surface area contributed by atoms with E-state index in [1.165, 1.54) is 7.11 Å². The van der Waals surface area contributed by atoms with Gasteiger partial charge in [-0.15, -0.1) is 0 Å². The molecule has 2 unspecified atom stereocenters. The van der Waals surface area contributed by atoms with E-state index in [1.54, 1.807) is 6.07 Å². The van der Waals surface area contributed by atoms with Crippen LogP contribution in [0.3, 0.4) is 0 Å². The third-order valence-electron chi connectivity index (χ3n) is 8.17. The average Bonchev–Trinajstić information content (AvgIpc) is 2.97. The molecule has 220 valence electrons. The molecular formula is C36H41NO5. The number of hydrogen-bond acceptors (Lipinski definition) is 6. The number of carbonyl (C=O) groups is 1. The molecule has 5 rings (SSSR count). The first-order valence-corrected chi connectivity index (χ1v) is 14.6. The Hall–Kier alpha value is -3.71. The summed E-state index contributed by atoms with van der Waals surface area (Å²) in [6, 6.07) is 28.3. The Balaban J connectivity index is 1.52.